The van der Waals surface area contributed by atoms with Gasteiger partial charge in [0.25, 0.3) is 0 Å². The maximum Gasteiger partial charge on any atom is 0.305 e. The van der Waals surface area contributed by atoms with Gasteiger partial charge in [0, 0.05) is 6.42 Å². The van der Waals surface area contributed by atoms with E-state index in [2.05, 4.69) is 31.9 Å². The van der Waals surface area contributed by atoms with Crippen LogP contribution in [0.1, 0.15) is 52.5 Å². The third-order valence-corrected chi connectivity index (χ3v) is 8.20. The minimum atomic E-state index is -1.51. The predicted octanol–water partition coefficient (Wildman–Crippen LogP) is -2.74. The fourth-order valence-electron chi connectivity index (χ4n) is 4.64. The smallest absolute Gasteiger partial charge is 0.305 e. The van der Waals surface area contributed by atoms with E-state index in [-0.39, 0.29) is 25.2 Å². The van der Waals surface area contributed by atoms with Crippen molar-refractivity contribution in [3.8, 4) is 0 Å². The van der Waals surface area contributed by atoms with Crippen LogP contribution < -0.4 is 43.4 Å². The number of aliphatic hydroxyl groups excluding tert-OH is 1. The highest BCUT2D eigenvalue weighted by molar-refractivity contribution is 7.98. The molecule has 12 N–H and O–H groups in total. The van der Waals surface area contributed by atoms with Crippen molar-refractivity contribution in [1.29, 1.82) is 0 Å². The van der Waals surface area contributed by atoms with Crippen LogP contribution in [0.5, 0.6) is 0 Å². The van der Waals surface area contributed by atoms with Crippen molar-refractivity contribution in [2.24, 2.45) is 17.4 Å². The minimum Gasteiger partial charge on any atom is -0.481 e. The summed E-state index contributed by atoms with van der Waals surface area (Å²) in [5, 5.41) is 33.4. The zero-order valence-corrected chi connectivity index (χ0v) is 30.8. The second-order valence-corrected chi connectivity index (χ2v) is 13.6. The van der Waals surface area contributed by atoms with Crippen molar-refractivity contribution >= 4 is 59.1 Å². The third kappa shape index (κ3) is 17.0. The van der Waals surface area contributed by atoms with Crippen LogP contribution in [-0.2, 0) is 44.8 Å². The van der Waals surface area contributed by atoms with Gasteiger partial charge >= 0.3 is 5.97 Å². The van der Waals surface area contributed by atoms with Crippen LogP contribution in [0.3, 0.4) is 0 Å². The molecule has 1 aromatic carbocycles. The van der Waals surface area contributed by atoms with Crippen LogP contribution in [0.4, 0.5) is 0 Å². The Kier molecular flexibility index (Phi) is 20.0. The van der Waals surface area contributed by atoms with Crippen LogP contribution in [0.25, 0.3) is 0 Å². The zero-order valence-electron chi connectivity index (χ0n) is 30.0. The number of aliphatic hydroxyl groups is 1. The van der Waals surface area contributed by atoms with Crippen molar-refractivity contribution in [1.82, 2.24) is 31.9 Å². The first kappa shape index (κ1) is 45.3. The van der Waals surface area contributed by atoms with E-state index in [0.29, 0.717) is 11.3 Å². The lowest BCUT2D eigenvalue weighted by Crippen LogP contribution is -2.58. The van der Waals surface area contributed by atoms with Gasteiger partial charge in [-0.25, -0.2) is 0 Å². The first-order valence-electron chi connectivity index (χ1n) is 16.6. The number of nitrogens with two attached hydrogens (primary N) is 2. The van der Waals surface area contributed by atoms with Gasteiger partial charge < -0.3 is 53.6 Å². The number of hydrogen-bond donors (Lipinski definition) is 10. The molecule has 0 heterocycles. The average Bonchev–Trinajstić information content (AvgIpc) is 3.07. The molecule has 0 aliphatic heterocycles. The first-order valence-corrected chi connectivity index (χ1v) is 18.0. The minimum absolute atomic E-state index is 0.0227. The van der Waals surface area contributed by atoms with E-state index < -0.39 is 103 Å². The quantitative estimate of drug-likeness (QED) is 0.0545. The Morgan fingerprint density at radius 1 is 0.750 bits per heavy atom. The number of rotatable bonds is 23. The summed E-state index contributed by atoms with van der Waals surface area (Å²) in [4.78, 5) is 101. The van der Waals surface area contributed by atoms with Crippen molar-refractivity contribution < 1.29 is 48.6 Å². The van der Waals surface area contributed by atoms with Crippen LogP contribution >= 0.6 is 11.8 Å². The Morgan fingerprint density at radius 3 is 1.87 bits per heavy atom. The molecule has 0 fully saturated rings. The van der Waals surface area contributed by atoms with Crippen LogP contribution in [0.15, 0.2) is 30.3 Å². The van der Waals surface area contributed by atoms with Gasteiger partial charge in [-0.1, -0.05) is 44.2 Å². The van der Waals surface area contributed by atoms with Gasteiger partial charge in [0.1, 0.15) is 36.3 Å². The number of primary amides is 1. The van der Waals surface area contributed by atoms with Gasteiger partial charge in [-0.15, -0.1) is 0 Å². The van der Waals surface area contributed by atoms with Gasteiger partial charge in [-0.05, 0) is 50.2 Å². The molecule has 0 saturated carbocycles. The highest BCUT2D eigenvalue weighted by atomic mass is 32.2. The first-order chi connectivity index (χ1) is 24.4. The standard InChI is InChI=1S/C33H52N8O10S/c1-17(2)13-23(32(50)39-21(11-12-52-5)31(49)40-22(28(35)46)15-26(44)45)38-25(43)16-36-30(48)24(14-20-9-7-6-8-10-20)41-29(47)18(3)37-33(51)27(34)19(4)42/h6-10,17-19,21-24,27,42H,11-16,34H2,1-5H3,(H2,35,46)(H,36,48)(H,37,51)(H,38,43)(H,39,50)(H,40,49)(H,41,47)(H,44,45)/t18-,19-,21+,22+,23+,24+,27+/m1/s1. The normalized spacial score (nSPS) is 15.0. The Morgan fingerprint density at radius 2 is 1.33 bits per heavy atom. The molecule has 290 valence electrons. The fraction of sp³-hybridized carbons (Fsp3) is 0.576. The molecule has 1 aromatic rings. The summed E-state index contributed by atoms with van der Waals surface area (Å²) >= 11 is 1.38. The number of carbonyl (C=O) groups excluding carboxylic acids is 7. The molecule has 18 nitrogen and oxygen atoms in total. The maximum absolute atomic E-state index is 13.4. The van der Waals surface area contributed by atoms with E-state index in [0.717, 1.165) is 0 Å². The van der Waals surface area contributed by atoms with E-state index in [1.807, 2.05) is 0 Å². The molecule has 0 saturated heterocycles. The lowest BCUT2D eigenvalue weighted by molar-refractivity contribution is -0.140. The van der Waals surface area contributed by atoms with E-state index >= 15 is 0 Å². The highest BCUT2D eigenvalue weighted by Crippen LogP contribution is 2.09. The number of carbonyl (C=O) groups is 8. The molecule has 0 aliphatic rings. The summed E-state index contributed by atoms with van der Waals surface area (Å²) in [7, 11) is 0. The largest absolute Gasteiger partial charge is 0.481 e. The topological polar surface area (TPSA) is 301 Å². The Balaban J connectivity index is 3.05. The second-order valence-electron chi connectivity index (χ2n) is 12.6. The molecular formula is C33H52N8O10S. The fourth-order valence-corrected chi connectivity index (χ4v) is 5.11. The van der Waals surface area contributed by atoms with E-state index in [9.17, 15) is 43.5 Å². The van der Waals surface area contributed by atoms with Crippen LogP contribution in [0, 0.1) is 5.92 Å². The summed E-state index contributed by atoms with van der Waals surface area (Å²) in [5.74, 6) is -6.71. The summed E-state index contributed by atoms with van der Waals surface area (Å²) in [6, 6.07) is 1.23. The molecule has 7 amide bonds. The second kappa shape index (κ2) is 22.9. The van der Waals surface area contributed by atoms with Gasteiger partial charge in [-0.3, -0.25) is 38.4 Å². The molecule has 19 heteroatoms. The molecule has 0 aliphatic carbocycles. The average molecular weight is 753 g/mol. The van der Waals surface area contributed by atoms with E-state index in [1.54, 1.807) is 50.4 Å². The van der Waals surface area contributed by atoms with Gasteiger partial charge in [0.05, 0.1) is 19.1 Å². The van der Waals surface area contributed by atoms with E-state index in [1.165, 1.54) is 25.6 Å². The van der Waals surface area contributed by atoms with Crippen molar-refractivity contribution in [2.75, 3.05) is 18.6 Å². The predicted molar refractivity (Wildman–Crippen MR) is 192 cm³/mol. The molecule has 7 atom stereocenters. The number of aliphatic carboxylic acids is 1. The van der Waals surface area contributed by atoms with Crippen LogP contribution in [0.2, 0.25) is 0 Å². The van der Waals surface area contributed by atoms with Crippen LogP contribution in [-0.4, -0.2) is 118 Å². The SMILES string of the molecule is CSCC[C@H](NC(=O)[C@H](CC(C)C)NC(=O)CNC(=O)[C@H](Cc1ccccc1)NC(=O)[C@@H](C)NC(=O)[C@@H](N)[C@@H](C)O)C(=O)N[C@@H](CC(=O)O)C(N)=O. The number of hydrogen-bond acceptors (Lipinski definition) is 11. The van der Waals surface area contributed by atoms with Gasteiger partial charge in [-0.2, -0.15) is 11.8 Å². The van der Waals surface area contributed by atoms with Gasteiger partial charge in [0.2, 0.25) is 41.4 Å². The highest BCUT2D eigenvalue weighted by Gasteiger charge is 2.31. The molecule has 0 radical (unpaired) electrons. The summed E-state index contributed by atoms with van der Waals surface area (Å²) in [5.41, 5.74) is 11.6. The molecule has 52 heavy (non-hydrogen) atoms. The summed E-state index contributed by atoms with van der Waals surface area (Å²) in [6.07, 6.45) is 0.117. The van der Waals surface area contributed by atoms with Crippen molar-refractivity contribution in [3.05, 3.63) is 35.9 Å². The maximum atomic E-state index is 13.4. The lowest BCUT2D eigenvalue weighted by Gasteiger charge is -2.25. The number of benzene rings is 1. The Labute approximate surface area is 306 Å². The Hall–Kier alpha value is -4.75. The third-order valence-electron chi connectivity index (χ3n) is 7.55. The number of carboxylic acid groups (broad SMARTS) is 1. The molecule has 0 unspecified atom stereocenters. The molecule has 0 spiro atoms. The van der Waals surface area contributed by atoms with Gasteiger partial charge in [0.15, 0.2) is 0 Å². The van der Waals surface area contributed by atoms with Crippen molar-refractivity contribution in [3.63, 3.8) is 0 Å². The Bertz CT molecular complexity index is 1400. The molecule has 1 rings (SSSR count). The van der Waals surface area contributed by atoms with Crippen molar-refractivity contribution in [2.45, 2.75) is 95.7 Å². The number of nitrogens with one attached hydrogen (secondary N) is 6. The monoisotopic (exact) mass is 752 g/mol. The summed E-state index contributed by atoms with van der Waals surface area (Å²) in [6.45, 7) is 5.69. The lowest BCUT2D eigenvalue weighted by atomic mass is 10.0. The summed E-state index contributed by atoms with van der Waals surface area (Å²) < 4.78 is 0. The zero-order chi connectivity index (χ0) is 39.5. The molecule has 0 bridgehead atoms. The number of carboxylic acids is 1. The number of thioether (sulfide) groups is 1. The molecular weight excluding hydrogens is 700 g/mol. The number of amides is 7. The van der Waals surface area contributed by atoms with E-state index in [4.69, 9.17) is 16.6 Å². The molecule has 0 aromatic heterocycles.